The predicted octanol–water partition coefficient (Wildman–Crippen LogP) is 2.21. The first-order valence-electron chi connectivity index (χ1n) is 4.28. The van der Waals surface area contributed by atoms with Crippen molar-refractivity contribution in [3.8, 4) is 0 Å². The highest BCUT2D eigenvalue weighted by Crippen LogP contribution is 2.26. The number of rotatable bonds is 4. The Balaban J connectivity index is 2.59. The topological polar surface area (TPSA) is 26.3 Å². The van der Waals surface area contributed by atoms with Crippen molar-refractivity contribution in [2.75, 3.05) is 0 Å². The van der Waals surface area contributed by atoms with E-state index in [1.807, 2.05) is 0 Å². The Labute approximate surface area is 72.9 Å². The van der Waals surface area contributed by atoms with E-state index in [0.717, 1.165) is 19.3 Å². The minimum atomic E-state index is -0.507. The molecule has 1 aliphatic rings. The second-order valence-electron chi connectivity index (χ2n) is 3.02. The zero-order valence-corrected chi connectivity index (χ0v) is 7.38. The lowest BCUT2D eigenvalue weighted by atomic mass is 9.97. The van der Waals surface area contributed by atoms with Crippen molar-refractivity contribution in [3.05, 3.63) is 24.8 Å². The highest BCUT2D eigenvalue weighted by atomic mass is 16.6. The van der Waals surface area contributed by atoms with Crippen LogP contribution in [0.2, 0.25) is 0 Å². The fraction of sp³-hybridized carbons (Fsp3) is 0.500. The first-order valence-corrected chi connectivity index (χ1v) is 4.28. The van der Waals surface area contributed by atoms with Gasteiger partial charge in [-0.15, -0.1) is 0 Å². The molecule has 2 nitrogen and oxygen atoms in total. The van der Waals surface area contributed by atoms with Gasteiger partial charge in [0.2, 0.25) is 0 Å². The van der Waals surface area contributed by atoms with E-state index in [1.165, 1.54) is 6.08 Å². The molecule has 1 atom stereocenters. The van der Waals surface area contributed by atoms with Gasteiger partial charge in [0.1, 0.15) is 5.60 Å². The summed E-state index contributed by atoms with van der Waals surface area (Å²) in [6.45, 7) is 5.78. The Hall–Kier alpha value is -1.05. The average molecular weight is 166 g/mol. The number of unbranched alkanes of at least 4 members (excludes halogenated alkanes) is 1. The van der Waals surface area contributed by atoms with Crippen molar-refractivity contribution in [1.29, 1.82) is 0 Å². The molecular formula is C10H14O2. The number of hydrogen-bond donors (Lipinski definition) is 0. The largest absolute Gasteiger partial charge is 0.447 e. The van der Waals surface area contributed by atoms with Gasteiger partial charge < -0.3 is 4.74 Å². The molecule has 0 spiro atoms. The molecule has 0 unspecified atom stereocenters. The molecule has 2 heteroatoms. The SMILES string of the molecule is C=C[C@@]1(CCCC)C=CC(=O)O1. The van der Waals surface area contributed by atoms with E-state index >= 15 is 0 Å². The van der Waals surface area contributed by atoms with Gasteiger partial charge >= 0.3 is 5.97 Å². The van der Waals surface area contributed by atoms with Crippen molar-refractivity contribution in [2.45, 2.75) is 31.8 Å². The monoisotopic (exact) mass is 166 g/mol. The summed E-state index contributed by atoms with van der Waals surface area (Å²) >= 11 is 0. The van der Waals surface area contributed by atoms with E-state index in [4.69, 9.17) is 4.74 Å². The van der Waals surface area contributed by atoms with Crippen molar-refractivity contribution in [3.63, 3.8) is 0 Å². The molecule has 0 aromatic carbocycles. The maximum absolute atomic E-state index is 10.8. The van der Waals surface area contributed by atoms with Crippen LogP contribution in [-0.4, -0.2) is 11.6 Å². The minimum Gasteiger partial charge on any atom is -0.447 e. The quantitative estimate of drug-likeness (QED) is 0.473. The Morgan fingerprint density at radius 2 is 2.50 bits per heavy atom. The molecule has 0 amide bonds. The summed E-state index contributed by atoms with van der Waals surface area (Å²) in [5, 5.41) is 0. The number of esters is 1. The summed E-state index contributed by atoms with van der Waals surface area (Å²) in [5.74, 6) is -0.258. The lowest BCUT2D eigenvalue weighted by Gasteiger charge is -2.21. The Kier molecular flexibility index (Phi) is 2.69. The number of ether oxygens (including phenoxy) is 1. The lowest BCUT2D eigenvalue weighted by molar-refractivity contribution is -0.142. The molecule has 12 heavy (non-hydrogen) atoms. The van der Waals surface area contributed by atoms with Crippen LogP contribution in [0.25, 0.3) is 0 Å². The number of carbonyl (C=O) groups is 1. The van der Waals surface area contributed by atoms with Crippen molar-refractivity contribution >= 4 is 5.97 Å². The average Bonchev–Trinajstić information content (AvgIpc) is 2.45. The van der Waals surface area contributed by atoms with Gasteiger partial charge in [0, 0.05) is 6.08 Å². The van der Waals surface area contributed by atoms with Crippen LogP contribution in [0.15, 0.2) is 24.8 Å². The van der Waals surface area contributed by atoms with Crippen molar-refractivity contribution < 1.29 is 9.53 Å². The summed E-state index contributed by atoms with van der Waals surface area (Å²) in [5.41, 5.74) is -0.507. The van der Waals surface area contributed by atoms with Crippen LogP contribution in [0.4, 0.5) is 0 Å². The number of hydrogen-bond acceptors (Lipinski definition) is 2. The Morgan fingerprint density at radius 1 is 1.75 bits per heavy atom. The molecule has 0 saturated heterocycles. The highest BCUT2D eigenvalue weighted by Gasteiger charge is 2.31. The second-order valence-corrected chi connectivity index (χ2v) is 3.02. The van der Waals surface area contributed by atoms with E-state index in [9.17, 15) is 4.79 Å². The molecule has 0 saturated carbocycles. The molecule has 0 N–H and O–H groups in total. The fourth-order valence-electron chi connectivity index (χ4n) is 1.26. The van der Waals surface area contributed by atoms with Crippen LogP contribution >= 0.6 is 0 Å². The van der Waals surface area contributed by atoms with Crippen LogP contribution in [0.5, 0.6) is 0 Å². The van der Waals surface area contributed by atoms with E-state index in [2.05, 4.69) is 13.5 Å². The molecule has 66 valence electrons. The van der Waals surface area contributed by atoms with Gasteiger partial charge in [-0.1, -0.05) is 19.9 Å². The van der Waals surface area contributed by atoms with Gasteiger partial charge in [-0.05, 0) is 25.0 Å². The minimum absolute atomic E-state index is 0.258. The van der Waals surface area contributed by atoms with E-state index < -0.39 is 5.60 Å². The maximum atomic E-state index is 10.8. The Morgan fingerprint density at radius 3 is 2.92 bits per heavy atom. The molecular weight excluding hydrogens is 152 g/mol. The zero-order valence-electron chi connectivity index (χ0n) is 7.38. The molecule has 0 aromatic heterocycles. The van der Waals surface area contributed by atoms with Crippen LogP contribution in [0, 0.1) is 0 Å². The fourth-order valence-corrected chi connectivity index (χ4v) is 1.26. The number of cyclic esters (lactones) is 1. The third kappa shape index (κ3) is 1.76. The van der Waals surface area contributed by atoms with Gasteiger partial charge in [0.25, 0.3) is 0 Å². The molecule has 1 rings (SSSR count). The van der Waals surface area contributed by atoms with E-state index in [-0.39, 0.29) is 5.97 Å². The zero-order chi connectivity index (χ0) is 9.03. The smallest absolute Gasteiger partial charge is 0.331 e. The molecule has 1 aliphatic heterocycles. The van der Waals surface area contributed by atoms with Crippen molar-refractivity contribution in [1.82, 2.24) is 0 Å². The molecule has 0 fully saturated rings. The van der Waals surface area contributed by atoms with Gasteiger partial charge in [-0.2, -0.15) is 0 Å². The summed E-state index contributed by atoms with van der Waals surface area (Å²) in [4.78, 5) is 10.8. The Bertz CT molecular complexity index is 218. The third-order valence-electron chi connectivity index (χ3n) is 2.06. The summed E-state index contributed by atoms with van der Waals surface area (Å²) < 4.78 is 5.13. The van der Waals surface area contributed by atoms with E-state index in [1.54, 1.807) is 12.2 Å². The predicted molar refractivity (Wildman–Crippen MR) is 47.7 cm³/mol. The molecule has 0 bridgehead atoms. The summed E-state index contributed by atoms with van der Waals surface area (Å²) in [7, 11) is 0. The van der Waals surface area contributed by atoms with Gasteiger partial charge in [0.15, 0.2) is 0 Å². The van der Waals surface area contributed by atoms with Gasteiger partial charge in [-0.3, -0.25) is 0 Å². The van der Waals surface area contributed by atoms with Crippen LogP contribution < -0.4 is 0 Å². The van der Waals surface area contributed by atoms with Crippen LogP contribution in [-0.2, 0) is 9.53 Å². The lowest BCUT2D eigenvalue weighted by Crippen LogP contribution is -2.24. The van der Waals surface area contributed by atoms with Crippen LogP contribution in [0.1, 0.15) is 26.2 Å². The van der Waals surface area contributed by atoms with Crippen molar-refractivity contribution in [2.24, 2.45) is 0 Å². The third-order valence-corrected chi connectivity index (χ3v) is 2.06. The van der Waals surface area contributed by atoms with Gasteiger partial charge in [0.05, 0.1) is 0 Å². The molecule has 0 aromatic rings. The first-order chi connectivity index (χ1) is 5.72. The molecule has 0 radical (unpaired) electrons. The summed E-state index contributed by atoms with van der Waals surface area (Å²) in [6.07, 6.45) is 7.94. The van der Waals surface area contributed by atoms with E-state index in [0.29, 0.717) is 0 Å². The second kappa shape index (κ2) is 3.57. The molecule has 1 heterocycles. The first kappa shape index (κ1) is 9.04. The van der Waals surface area contributed by atoms with Crippen LogP contribution in [0.3, 0.4) is 0 Å². The van der Waals surface area contributed by atoms with Gasteiger partial charge in [-0.25, -0.2) is 4.79 Å². The molecule has 0 aliphatic carbocycles. The summed E-state index contributed by atoms with van der Waals surface area (Å²) in [6, 6.07) is 0. The number of carbonyl (C=O) groups excluding carboxylic acids is 1. The standard InChI is InChI=1S/C10H14O2/c1-3-5-7-10(4-2)8-6-9(11)12-10/h4,6,8H,2-3,5,7H2,1H3/t10-/m1/s1. The highest BCUT2D eigenvalue weighted by molar-refractivity contribution is 5.85. The maximum Gasteiger partial charge on any atom is 0.331 e. The normalized spacial score (nSPS) is 27.2.